The fourth-order valence-corrected chi connectivity index (χ4v) is 2.48. The van der Waals surface area contributed by atoms with Gasteiger partial charge >= 0.3 is 0 Å². The Morgan fingerprint density at radius 3 is 2.71 bits per heavy atom. The number of anilines is 2. The van der Waals surface area contributed by atoms with E-state index in [1.807, 2.05) is 5.32 Å². The molecule has 1 heterocycles. The first kappa shape index (κ1) is 10.2. The fraction of sp³-hybridized carbons (Fsp3) is 0.238. The van der Waals surface area contributed by atoms with Crippen LogP contribution in [0.5, 0.6) is 0 Å². The number of aliphatic hydroxyl groups is 1. The van der Waals surface area contributed by atoms with Crippen molar-refractivity contribution in [3.63, 3.8) is 0 Å². The summed E-state index contributed by atoms with van der Waals surface area (Å²) in [5.41, 5.74) is 3.57. The number of nitrogen functional groups attached to an aromatic ring is 1. The molecule has 0 fully saturated rings. The summed E-state index contributed by atoms with van der Waals surface area (Å²) < 4.78 is 90.2. The Morgan fingerprint density at radius 2 is 2.04 bits per heavy atom. The molecule has 28 heavy (non-hydrogen) atoms. The van der Waals surface area contributed by atoms with Crippen LogP contribution < -0.4 is 16.4 Å². The van der Waals surface area contributed by atoms with Crippen molar-refractivity contribution in [1.82, 2.24) is 10.3 Å². The number of thiazole rings is 1. The molecule has 5 N–H and O–H groups in total. The summed E-state index contributed by atoms with van der Waals surface area (Å²) in [5, 5.41) is 13.9. The number of nitrogens with zero attached hydrogens (tertiary/aromatic N) is 1. The van der Waals surface area contributed by atoms with Crippen LogP contribution in [0.15, 0.2) is 59.9 Å². The van der Waals surface area contributed by atoms with E-state index in [4.69, 9.17) is 20.8 Å². The van der Waals surface area contributed by atoms with Crippen molar-refractivity contribution < 1.29 is 25.0 Å². The molecule has 0 aliphatic rings. The van der Waals surface area contributed by atoms with Crippen molar-refractivity contribution in [3.8, 4) is 0 Å². The molecule has 3 aromatic rings. The zero-order valence-corrected chi connectivity index (χ0v) is 15.3. The first-order valence-electron chi connectivity index (χ1n) is 13.6. The highest BCUT2D eigenvalue weighted by Gasteiger charge is 2.08. The van der Waals surface area contributed by atoms with Gasteiger partial charge < -0.3 is 21.5 Å². The van der Waals surface area contributed by atoms with Crippen LogP contribution in [0.3, 0.4) is 0 Å². The molecule has 1 atom stereocenters. The van der Waals surface area contributed by atoms with Gasteiger partial charge in [0.2, 0.25) is 5.91 Å². The quantitative estimate of drug-likeness (QED) is 0.437. The van der Waals surface area contributed by atoms with Gasteiger partial charge in [0.05, 0.1) is 25.0 Å². The molecule has 0 saturated heterocycles. The maximum atomic E-state index is 12.7. The summed E-state index contributed by atoms with van der Waals surface area (Å²) >= 11 is 0.623. The van der Waals surface area contributed by atoms with Crippen molar-refractivity contribution in [1.29, 1.82) is 0 Å². The van der Waals surface area contributed by atoms with Gasteiger partial charge in [-0.1, -0.05) is 42.4 Å². The molecule has 0 unspecified atom stereocenters. The molecular weight excluding hydrogens is 372 g/mol. The molecule has 1 amide bonds. The molecule has 0 aliphatic heterocycles. The van der Waals surface area contributed by atoms with E-state index in [0.717, 1.165) is 0 Å². The number of aromatic nitrogens is 1. The van der Waals surface area contributed by atoms with Crippen LogP contribution in [0.4, 0.5) is 10.8 Å². The van der Waals surface area contributed by atoms with Gasteiger partial charge in [-0.05, 0) is 36.1 Å². The number of benzene rings is 2. The van der Waals surface area contributed by atoms with E-state index in [2.05, 4.69) is 10.3 Å². The van der Waals surface area contributed by atoms with E-state index in [1.165, 1.54) is 0 Å². The average Bonchev–Trinajstić information content (AvgIpc) is 3.22. The van der Waals surface area contributed by atoms with Gasteiger partial charge in [0, 0.05) is 25.8 Å². The second-order valence-electron chi connectivity index (χ2n) is 5.39. The highest BCUT2D eigenvalue weighted by atomic mass is 32.1. The van der Waals surface area contributed by atoms with Crippen LogP contribution in [0.1, 0.15) is 38.0 Å². The average molecular weight is 408 g/mol. The van der Waals surface area contributed by atoms with Crippen LogP contribution in [0.25, 0.3) is 0 Å². The minimum absolute atomic E-state index is 0.165. The van der Waals surface area contributed by atoms with Gasteiger partial charge in [-0.2, -0.15) is 0 Å². The number of aliphatic hydroxyl groups excluding tert-OH is 1. The molecule has 146 valence electrons. The lowest BCUT2D eigenvalue weighted by Gasteiger charge is -2.12. The van der Waals surface area contributed by atoms with E-state index >= 15 is 0 Å². The van der Waals surface area contributed by atoms with E-state index in [9.17, 15) is 9.90 Å². The van der Waals surface area contributed by atoms with Gasteiger partial charge in [0.1, 0.15) is 0 Å². The number of nitrogens with one attached hydrogen (secondary N) is 2. The topological polar surface area (TPSA) is 100 Å². The Hall–Kier alpha value is -2.74. The summed E-state index contributed by atoms with van der Waals surface area (Å²) in [6.45, 7) is -3.44. The Kier molecular flexibility index (Phi) is 3.62. The van der Waals surface area contributed by atoms with Crippen LogP contribution in [0.2, 0.25) is 0 Å². The van der Waals surface area contributed by atoms with Crippen LogP contribution >= 0.6 is 11.3 Å². The standard InChI is InChI=1S/C21H24N4O2S/c22-21-25-18(14-28-21)12-20(27)24-17-8-6-15(7-9-17)10-11-23-13-19(26)16-4-2-1-3-5-16/h1-9,14,19,23,26H,10-13H2,(H2,22,25)(H,24,27)/t19-/m1/s1/i6D,7D,8D,9D,10D2,11D2,12D2,14D. The Labute approximate surface area is 183 Å². The molecule has 3 rings (SSSR count). The maximum absolute atomic E-state index is 12.7. The molecule has 0 spiro atoms. The molecule has 0 aliphatic carbocycles. The predicted molar refractivity (Wildman–Crippen MR) is 113 cm³/mol. The molecular formula is C21H24N4O2S. The smallest absolute Gasteiger partial charge is 0.230 e. The lowest BCUT2D eigenvalue weighted by Crippen LogP contribution is -2.23. The third kappa shape index (κ3) is 6.16. The van der Waals surface area contributed by atoms with Crippen molar-refractivity contribution in [2.75, 3.05) is 24.1 Å². The molecule has 0 bridgehead atoms. The number of hydrogen-bond acceptors (Lipinski definition) is 6. The van der Waals surface area contributed by atoms with Gasteiger partial charge in [-0.25, -0.2) is 4.98 Å². The number of hydrogen-bond donors (Lipinski definition) is 4. The van der Waals surface area contributed by atoms with E-state index in [0.29, 0.717) is 16.9 Å². The predicted octanol–water partition coefficient (Wildman–Crippen LogP) is 2.77. The van der Waals surface area contributed by atoms with Crippen molar-refractivity contribution in [2.24, 2.45) is 0 Å². The summed E-state index contributed by atoms with van der Waals surface area (Å²) in [4.78, 5) is 16.4. The van der Waals surface area contributed by atoms with E-state index < -0.39 is 84.3 Å². The molecule has 0 saturated carbocycles. The fourth-order valence-electron chi connectivity index (χ4n) is 2.05. The molecule has 2 aromatic carbocycles. The monoisotopic (exact) mass is 407 g/mol. The molecule has 7 heteroatoms. The molecule has 0 radical (unpaired) electrons. The largest absolute Gasteiger partial charge is 0.387 e. The Balaban J connectivity index is 1.94. The zero-order chi connectivity index (χ0) is 29.5. The minimum atomic E-state index is -3.17. The van der Waals surface area contributed by atoms with Gasteiger partial charge in [0.15, 0.2) is 5.13 Å². The highest BCUT2D eigenvalue weighted by Crippen LogP contribution is 2.14. The first-order chi connectivity index (χ1) is 17.9. The second-order valence-corrected chi connectivity index (χ2v) is 6.22. The summed E-state index contributed by atoms with van der Waals surface area (Å²) in [7, 11) is 0. The Bertz CT molecular complexity index is 1360. The third-order valence-electron chi connectivity index (χ3n) is 3.33. The molecule has 1 aromatic heterocycles. The zero-order valence-electron chi connectivity index (χ0n) is 25.5. The normalized spacial score (nSPS) is 19.1. The van der Waals surface area contributed by atoms with Crippen LogP contribution in [-0.4, -0.2) is 29.0 Å². The lowest BCUT2D eigenvalue weighted by atomic mass is 10.1. The van der Waals surface area contributed by atoms with Crippen molar-refractivity contribution in [2.45, 2.75) is 18.8 Å². The van der Waals surface area contributed by atoms with Crippen molar-refractivity contribution in [3.05, 3.63) is 76.7 Å². The SMILES string of the molecule is [2H]c1sc(N)nc1C([2H])([2H])C(=O)Nc1c([2H])c([2H])c(C([2H])([2H])C([2H])([2H])NC[C@@H](O)c2ccccc2)c([2H])c1[2H]. The molecule has 6 nitrogen and oxygen atoms in total. The number of carbonyl (C=O) groups is 1. The number of amides is 1. The summed E-state index contributed by atoms with van der Waals surface area (Å²) in [5.74, 6) is -1.47. The highest BCUT2D eigenvalue weighted by molar-refractivity contribution is 7.13. The number of rotatable bonds is 9. The minimum Gasteiger partial charge on any atom is -0.387 e. The first-order valence-corrected chi connectivity index (χ1v) is 8.88. The summed E-state index contributed by atoms with van der Waals surface area (Å²) in [6, 6.07) is 4.26. The second kappa shape index (κ2) is 9.98. The number of nitrogens with two attached hydrogens (primary N) is 1. The van der Waals surface area contributed by atoms with Gasteiger partial charge in [-0.15, -0.1) is 11.3 Å². The number of carbonyl (C=O) groups excluding carboxylic acids is 1. The summed E-state index contributed by atoms with van der Waals surface area (Å²) in [6.07, 6.45) is -7.33. The Morgan fingerprint density at radius 1 is 1.29 bits per heavy atom. The maximum Gasteiger partial charge on any atom is 0.230 e. The van der Waals surface area contributed by atoms with Crippen LogP contribution in [0, 0.1) is 0 Å². The lowest BCUT2D eigenvalue weighted by molar-refractivity contribution is -0.115. The van der Waals surface area contributed by atoms with Crippen molar-refractivity contribution >= 4 is 28.1 Å². The van der Waals surface area contributed by atoms with E-state index in [-0.39, 0.29) is 5.13 Å². The van der Waals surface area contributed by atoms with Crippen LogP contribution in [-0.2, 0) is 17.5 Å². The van der Waals surface area contributed by atoms with Gasteiger partial charge in [0.25, 0.3) is 0 Å². The third-order valence-corrected chi connectivity index (χ3v) is 3.92. The van der Waals surface area contributed by atoms with Gasteiger partial charge in [-0.3, -0.25) is 4.79 Å². The van der Waals surface area contributed by atoms with E-state index in [1.54, 1.807) is 30.3 Å².